The van der Waals surface area contributed by atoms with E-state index in [9.17, 15) is 0 Å². The molecule has 0 spiro atoms. The second-order valence-electron chi connectivity index (χ2n) is 3.81. The molecule has 0 bridgehead atoms. The minimum Gasteiger partial charge on any atom is -0.496 e. The lowest BCUT2D eigenvalue weighted by atomic mass is 10.1. The Morgan fingerprint density at radius 3 is 2.56 bits per heavy atom. The van der Waals surface area contributed by atoms with Gasteiger partial charge in [-0.05, 0) is 20.0 Å². The third kappa shape index (κ3) is 4.00. The predicted octanol–water partition coefficient (Wildman–Crippen LogP) is 1.90. The molecule has 0 fully saturated rings. The number of nitrogens with zero attached hydrogens (tertiary/aromatic N) is 1. The van der Waals surface area contributed by atoms with Crippen LogP contribution in [0.3, 0.4) is 0 Å². The fourth-order valence-corrected chi connectivity index (χ4v) is 1.44. The molecular formula is C12H21ClN2O. The highest BCUT2D eigenvalue weighted by atomic mass is 35.5. The van der Waals surface area contributed by atoms with Gasteiger partial charge in [-0.15, -0.1) is 12.4 Å². The smallest absolute Gasteiger partial charge is 0.123 e. The maximum Gasteiger partial charge on any atom is 0.123 e. The van der Waals surface area contributed by atoms with Gasteiger partial charge < -0.3 is 10.5 Å². The SMILES string of the molecule is COc1ccccc1CN(C)C(C)CN.Cl. The van der Waals surface area contributed by atoms with Crippen LogP contribution in [0, 0.1) is 0 Å². The Morgan fingerprint density at radius 1 is 1.38 bits per heavy atom. The zero-order chi connectivity index (χ0) is 11.3. The summed E-state index contributed by atoms with van der Waals surface area (Å²) in [6.45, 7) is 3.66. The molecule has 92 valence electrons. The van der Waals surface area contributed by atoms with Crippen molar-refractivity contribution < 1.29 is 4.74 Å². The maximum atomic E-state index is 5.62. The number of benzene rings is 1. The third-order valence-electron chi connectivity index (χ3n) is 2.71. The number of para-hydroxylation sites is 1. The van der Waals surface area contributed by atoms with E-state index in [1.54, 1.807) is 7.11 Å². The van der Waals surface area contributed by atoms with Gasteiger partial charge in [-0.3, -0.25) is 4.90 Å². The molecule has 0 heterocycles. The molecule has 0 aromatic heterocycles. The Balaban J connectivity index is 0.00000225. The molecule has 0 aliphatic rings. The molecule has 0 saturated heterocycles. The molecule has 1 aromatic rings. The Hall–Kier alpha value is -0.770. The zero-order valence-electron chi connectivity index (χ0n) is 10.1. The van der Waals surface area contributed by atoms with E-state index in [2.05, 4.69) is 24.9 Å². The monoisotopic (exact) mass is 244 g/mol. The number of ether oxygens (including phenoxy) is 1. The largest absolute Gasteiger partial charge is 0.496 e. The number of hydrogen-bond donors (Lipinski definition) is 1. The topological polar surface area (TPSA) is 38.5 Å². The average molecular weight is 245 g/mol. The van der Waals surface area contributed by atoms with Gasteiger partial charge in [-0.1, -0.05) is 18.2 Å². The Bertz CT molecular complexity index is 307. The molecule has 0 radical (unpaired) electrons. The van der Waals surface area contributed by atoms with E-state index in [1.807, 2.05) is 18.2 Å². The Labute approximate surface area is 104 Å². The van der Waals surface area contributed by atoms with Crippen LogP contribution in [0.4, 0.5) is 0 Å². The van der Waals surface area contributed by atoms with Crippen LogP contribution in [0.2, 0.25) is 0 Å². The lowest BCUT2D eigenvalue weighted by Crippen LogP contribution is -2.34. The van der Waals surface area contributed by atoms with Gasteiger partial charge in [0.25, 0.3) is 0 Å². The second kappa shape index (κ2) is 7.49. The third-order valence-corrected chi connectivity index (χ3v) is 2.71. The summed E-state index contributed by atoms with van der Waals surface area (Å²) in [7, 11) is 3.77. The zero-order valence-corrected chi connectivity index (χ0v) is 11.0. The van der Waals surface area contributed by atoms with E-state index < -0.39 is 0 Å². The molecule has 2 N–H and O–H groups in total. The summed E-state index contributed by atoms with van der Waals surface area (Å²) in [5.41, 5.74) is 6.82. The quantitative estimate of drug-likeness (QED) is 0.860. The van der Waals surface area contributed by atoms with Gasteiger partial charge in [0.05, 0.1) is 7.11 Å². The standard InChI is InChI=1S/C12H20N2O.ClH/c1-10(8-13)14(2)9-11-6-4-5-7-12(11)15-3;/h4-7,10H,8-9,13H2,1-3H3;1H. The van der Waals surface area contributed by atoms with Gasteiger partial charge in [0.2, 0.25) is 0 Å². The molecule has 0 aliphatic carbocycles. The molecule has 0 saturated carbocycles. The molecule has 0 aliphatic heterocycles. The predicted molar refractivity (Wildman–Crippen MR) is 70.2 cm³/mol. The van der Waals surface area contributed by atoms with E-state index in [4.69, 9.17) is 10.5 Å². The van der Waals surface area contributed by atoms with Crippen molar-refractivity contribution in [1.29, 1.82) is 0 Å². The van der Waals surface area contributed by atoms with Gasteiger partial charge in [-0.2, -0.15) is 0 Å². The molecular weight excluding hydrogens is 224 g/mol. The van der Waals surface area contributed by atoms with Crippen molar-refractivity contribution in [2.45, 2.75) is 19.5 Å². The summed E-state index contributed by atoms with van der Waals surface area (Å²) >= 11 is 0. The summed E-state index contributed by atoms with van der Waals surface area (Å²) in [5, 5.41) is 0. The van der Waals surface area contributed by atoms with Crippen molar-refractivity contribution in [2.24, 2.45) is 5.73 Å². The second-order valence-corrected chi connectivity index (χ2v) is 3.81. The van der Waals surface area contributed by atoms with Crippen molar-refractivity contribution in [3.05, 3.63) is 29.8 Å². The van der Waals surface area contributed by atoms with E-state index in [-0.39, 0.29) is 12.4 Å². The number of halogens is 1. The number of rotatable bonds is 5. The molecule has 1 aromatic carbocycles. The minimum absolute atomic E-state index is 0. The molecule has 3 nitrogen and oxygen atoms in total. The number of hydrogen-bond acceptors (Lipinski definition) is 3. The van der Waals surface area contributed by atoms with Gasteiger partial charge in [0, 0.05) is 24.7 Å². The fourth-order valence-electron chi connectivity index (χ4n) is 1.44. The van der Waals surface area contributed by atoms with Crippen LogP contribution in [-0.2, 0) is 6.54 Å². The van der Waals surface area contributed by atoms with Crippen molar-refractivity contribution in [3.8, 4) is 5.75 Å². The number of nitrogens with two attached hydrogens (primary N) is 1. The minimum atomic E-state index is 0. The number of likely N-dealkylation sites (N-methyl/N-ethyl adjacent to an activating group) is 1. The van der Waals surface area contributed by atoms with Crippen LogP contribution >= 0.6 is 12.4 Å². The lowest BCUT2D eigenvalue weighted by Gasteiger charge is -2.24. The molecule has 4 heteroatoms. The summed E-state index contributed by atoms with van der Waals surface area (Å²) < 4.78 is 5.30. The van der Waals surface area contributed by atoms with Crippen LogP contribution in [0.15, 0.2) is 24.3 Å². The summed E-state index contributed by atoms with van der Waals surface area (Å²) in [6, 6.07) is 8.46. The van der Waals surface area contributed by atoms with Crippen LogP contribution in [0.5, 0.6) is 5.75 Å². The summed E-state index contributed by atoms with van der Waals surface area (Å²) in [4.78, 5) is 2.22. The maximum absolute atomic E-state index is 5.62. The van der Waals surface area contributed by atoms with E-state index in [0.29, 0.717) is 12.6 Å². The van der Waals surface area contributed by atoms with Crippen molar-refractivity contribution >= 4 is 12.4 Å². The Kier molecular flexibility index (Phi) is 7.13. The first-order valence-electron chi connectivity index (χ1n) is 5.21. The first kappa shape index (κ1) is 15.2. The molecule has 1 rings (SSSR count). The van der Waals surface area contributed by atoms with Crippen LogP contribution in [0.1, 0.15) is 12.5 Å². The van der Waals surface area contributed by atoms with Crippen molar-refractivity contribution in [2.75, 3.05) is 20.7 Å². The van der Waals surface area contributed by atoms with Gasteiger partial charge >= 0.3 is 0 Å². The molecule has 0 amide bonds. The van der Waals surface area contributed by atoms with Crippen LogP contribution in [-0.4, -0.2) is 31.6 Å². The van der Waals surface area contributed by atoms with Crippen LogP contribution < -0.4 is 10.5 Å². The Morgan fingerprint density at radius 2 is 2.00 bits per heavy atom. The van der Waals surface area contributed by atoms with Gasteiger partial charge in [0.1, 0.15) is 5.75 Å². The first-order valence-corrected chi connectivity index (χ1v) is 5.21. The fraction of sp³-hybridized carbons (Fsp3) is 0.500. The summed E-state index contributed by atoms with van der Waals surface area (Å²) in [5.74, 6) is 0.938. The normalized spacial score (nSPS) is 12.1. The van der Waals surface area contributed by atoms with E-state index >= 15 is 0 Å². The molecule has 16 heavy (non-hydrogen) atoms. The number of methoxy groups -OCH3 is 1. The first-order chi connectivity index (χ1) is 7.19. The molecule has 1 unspecified atom stereocenters. The van der Waals surface area contributed by atoms with Gasteiger partial charge in [0.15, 0.2) is 0 Å². The van der Waals surface area contributed by atoms with Crippen molar-refractivity contribution in [1.82, 2.24) is 4.90 Å². The lowest BCUT2D eigenvalue weighted by molar-refractivity contribution is 0.251. The van der Waals surface area contributed by atoms with Gasteiger partial charge in [-0.25, -0.2) is 0 Å². The van der Waals surface area contributed by atoms with Crippen LogP contribution in [0.25, 0.3) is 0 Å². The van der Waals surface area contributed by atoms with E-state index in [1.165, 1.54) is 5.56 Å². The van der Waals surface area contributed by atoms with E-state index in [0.717, 1.165) is 12.3 Å². The molecule has 1 atom stereocenters. The summed E-state index contributed by atoms with van der Waals surface area (Å²) in [6.07, 6.45) is 0. The van der Waals surface area contributed by atoms with Crippen molar-refractivity contribution in [3.63, 3.8) is 0 Å². The highest BCUT2D eigenvalue weighted by Crippen LogP contribution is 2.19. The average Bonchev–Trinajstić information content (AvgIpc) is 2.28. The highest BCUT2D eigenvalue weighted by Gasteiger charge is 2.09. The highest BCUT2D eigenvalue weighted by molar-refractivity contribution is 5.85.